The first kappa shape index (κ1) is 14.5. The molecule has 0 heterocycles. The van der Waals surface area contributed by atoms with E-state index in [-0.39, 0.29) is 19.6 Å². The van der Waals surface area contributed by atoms with E-state index in [4.69, 9.17) is 0 Å². The molecule has 2 aromatic rings. The van der Waals surface area contributed by atoms with Crippen molar-refractivity contribution >= 4 is 25.6 Å². The van der Waals surface area contributed by atoms with Gasteiger partial charge in [-0.25, -0.2) is 0 Å². The van der Waals surface area contributed by atoms with Crippen LogP contribution >= 0.6 is 13.5 Å². The molecule has 0 unspecified atom stereocenters. The lowest BCUT2D eigenvalue weighted by Crippen LogP contribution is -1.70. The van der Waals surface area contributed by atoms with Gasteiger partial charge >= 0.3 is 0 Å². The predicted molar refractivity (Wildman–Crippen MR) is 77.2 cm³/mol. The van der Waals surface area contributed by atoms with Crippen LogP contribution in [0.25, 0.3) is 12.2 Å². The van der Waals surface area contributed by atoms with E-state index in [9.17, 15) is 0 Å². The second-order valence-electron chi connectivity index (χ2n) is 3.15. The zero-order valence-electron chi connectivity index (χ0n) is 9.14. The fourth-order valence-corrected chi connectivity index (χ4v) is 1.32. The smallest absolute Gasteiger partial charge is 0.0256 e. The van der Waals surface area contributed by atoms with Gasteiger partial charge in [-0.1, -0.05) is 72.8 Å². The first-order chi connectivity index (χ1) is 6.95. The van der Waals surface area contributed by atoms with E-state index in [1.165, 1.54) is 11.1 Å². The summed E-state index contributed by atoms with van der Waals surface area (Å²) in [6.45, 7) is 0. The fraction of sp³-hybridized carbons (Fsp3) is 0. The molecule has 0 bridgehead atoms. The van der Waals surface area contributed by atoms with Crippen LogP contribution in [0.2, 0.25) is 0 Å². The van der Waals surface area contributed by atoms with Crippen molar-refractivity contribution < 1.29 is 0 Å². The van der Waals surface area contributed by atoms with Crippen molar-refractivity contribution in [2.45, 2.75) is 0 Å². The summed E-state index contributed by atoms with van der Waals surface area (Å²) in [5.74, 6) is 0. The Labute approximate surface area is 104 Å². The second-order valence-corrected chi connectivity index (χ2v) is 3.15. The van der Waals surface area contributed by atoms with Crippen molar-refractivity contribution in [2.24, 2.45) is 0 Å². The molecule has 0 atom stereocenters. The van der Waals surface area contributed by atoms with Crippen LogP contribution in [0.3, 0.4) is 0 Å². The fourth-order valence-electron chi connectivity index (χ4n) is 1.32. The van der Waals surface area contributed by atoms with Crippen molar-refractivity contribution in [3.63, 3.8) is 0 Å². The van der Waals surface area contributed by atoms with Crippen molar-refractivity contribution in [3.05, 3.63) is 71.8 Å². The maximum absolute atomic E-state index is 2.12. The highest BCUT2D eigenvalue weighted by atomic mass is 32.1. The highest BCUT2D eigenvalue weighted by molar-refractivity contribution is 7.59. The van der Waals surface area contributed by atoms with Crippen LogP contribution < -0.4 is 6.15 Å². The summed E-state index contributed by atoms with van der Waals surface area (Å²) in [5.41, 5.74) is 2.47. The highest BCUT2D eigenvalue weighted by Crippen LogP contribution is 2.06. The summed E-state index contributed by atoms with van der Waals surface area (Å²) in [6.07, 6.45) is 4.24. The van der Waals surface area contributed by atoms with Crippen molar-refractivity contribution in [3.8, 4) is 0 Å². The van der Waals surface area contributed by atoms with Gasteiger partial charge in [-0.3, -0.25) is 0 Å². The Kier molecular flexibility index (Phi) is 7.01. The van der Waals surface area contributed by atoms with Crippen molar-refractivity contribution in [2.75, 3.05) is 0 Å². The SMILES string of the molecule is C(=Cc1ccccc1)c1ccccc1.N.S. The molecule has 0 aliphatic carbocycles. The number of hydrogen-bond donors (Lipinski definition) is 1. The lowest BCUT2D eigenvalue weighted by atomic mass is 10.1. The van der Waals surface area contributed by atoms with E-state index in [0.717, 1.165) is 0 Å². The van der Waals surface area contributed by atoms with Gasteiger partial charge in [-0.05, 0) is 11.1 Å². The molecule has 0 amide bonds. The van der Waals surface area contributed by atoms with Gasteiger partial charge in [0.25, 0.3) is 0 Å². The second kappa shape index (κ2) is 7.74. The molecule has 16 heavy (non-hydrogen) atoms. The Hall–Kier alpha value is -1.51. The van der Waals surface area contributed by atoms with Gasteiger partial charge in [0, 0.05) is 0 Å². The number of benzene rings is 2. The minimum atomic E-state index is 0. The molecule has 1 nitrogen and oxygen atoms in total. The molecule has 0 saturated carbocycles. The van der Waals surface area contributed by atoms with E-state index >= 15 is 0 Å². The van der Waals surface area contributed by atoms with Crippen LogP contribution in [0.1, 0.15) is 11.1 Å². The van der Waals surface area contributed by atoms with E-state index in [0.29, 0.717) is 0 Å². The Balaban J connectivity index is 0.00000112. The molecule has 2 rings (SSSR count). The van der Waals surface area contributed by atoms with Gasteiger partial charge in [0.15, 0.2) is 0 Å². The maximum Gasteiger partial charge on any atom is -0.0256 e. The van der Waals surface area contributed by atoms with Crippen LogP contribution in [0.4, 0.5) is 0 Å². The maximum atomic E-state index is 2.12. The minimum Gasteiger partial charge on any atom is -0.344 e. The van der Waals surface area contributed by atoms with E-state index in [1.807, 2.05) is 36.4 Å². The van der Waals surface area contributed by atoms with Gasteiger partial charge < -0.3 is 6.15 Å². The van der Waals surface area contributed by atoms with E-state index < -0.39 is 0 Å². The van der Waals surface area contributed by atoms with Crippen LogP contribution in [-0.2, 0) is 0 Å². The first-order valence-electron chi connectivity index (χ1n) is 4.73. The summed E-state index contributed by atoms with van der Waals surface area (Å²) in [7, 11) is 0. The lowest BCUT2D eigenvalue weighted by molar-refractivity contribution is 1.65. The molecule has 0 fully saturated rings. The Morgan fingerprint density at radius 2 is 0.875 bits per heavy atom. The Morgan fingerprint density at radius 1 is 0.562 bits per heavy atom. The minimum absolute atomic E-state index is 0. The van der Waals surface area contributed by atoms with Crippen LogP contribution in [0, 0.1) is 0 Å². The highest BCUT2D eigenvalue weighted by Gasteiger charge is 1.84. The largest absolute Gasteiger partial charge is 0.344 e. The third-order valence-electron chi connectivity index (χ3n) is 2.07. The Bertz CT molecular complexity index is 368. The summed E-state index contributed by atoms with van der Waals surface area (Å²) < 4.78 is 0. The summed E-state index contributed by atoms with van der Waals surface area (Å²) in [5, 5.41) is 0. The third-order valence-corrected chi connectivity index (χ3v) is 2.07. The zero-order chi connectivity index (χ0) is 9.64. The topological polar surface area (TPSA) is 35.0 Å². The molecular formula is C14H17NS. The van der Waals surface area contributed by atoms with Gasteiger partial charge in [-0.2, -0.15) is 13.5 Å². The molecule has 0 aliphatic heterocycles. The molecule has 2 heteroatoms. The zero-order valence-corrected chi connectivity index (χ0v) is 10.1. The molecule has 0 saturated heterocycles. The quantitative estimate of drug-likeness (QED) is 0.775. The van der Waals surface area contributed by atoms with Gasteiger partial charge in [0.2, 0.25) is 0 Å². The normalized spacial score (nSPS) is 9.25. The van der Waals surface area contributed by atoms with E-state index in [2.05, 4.69) is 36.4 Å². The molecule has 0 spiro atoms. The molecule has 84 valence electrons. The average molecular weight is 231 g/mol. The van der Waals surface area contributed by atoms with Crippen molar-refractivity contribution in [1.82, 2.24) is 6.15 Å². The van der Waals surface area contributed by atoms with E-state index in [1.54, 1.807) is 0 Å². The third kappa shape index (κ3) is 4.34. The average Bonchev–Trinajstić information content (AvgIpc) is 2.29. The van der Waals surface area contributed by atoms with Crippen LogP contribution in [0.5, 0.6) is 0 Å². The van der Waals surface area contributed by atoms with Gasteiger partial charge in [0.1, 0.15) is 0 Å². The summed E-state index contributed by atoms with van der Waals surface area (Å²) in [6, 6.07) is 20.6. The van der Waals surface area contributed by atoms with Crippen LogP contribution in [0.15, 0.2) is 60.7 Å². The molecule has 0 aliphatic rings. The molecule has 3 N–H and O–H groups in total. The van der Waals surface area contributed by atoms with Crippen molar-refractivity contribution in [1.29, 1.82) is 0 Å². The number of hydrogen-bond acceptors (Lipinski definition) is 1. The molecule has 2 aromatic carbocycles. The van der Waals surface area contributed by atoms with Gasteiger partial charge in [0.05, 0.1) is 0 Å². The monoisotopic (exact) mass is 231 g/mol. The van der Waals surface area contributed by atoms with Crippen LogP contribution in [-0.4, -0.2) is 0 Å². The first-order valence-corrected chi connectivity index (χ1v) is 4.73. The lowest BCUT2D eigenvalue weighted by Gasteiger charge is -1.92. The van der Waals surface area contributed by atoms with Gasteiger partial charge in [-0.15, -0.1) is 0 Å². The summed E-state index contributed by atoms with van der Waals surface area (Å²) in [4.78, 5) is 0. The number of rotatable bonds is 2. The molecular weight excluding hydrogens is 214 g/mol. The summed E-state index contributed by atoms with van der Waals surface area (Å²) >= 11 is 0. The predicted octanol–water partition coefficient (Wildman–Crippen LogP) is 4.13. The molecule has 0 radical (unpaired) electrons. The standard InChI is InChI=1S/C14H12.H3N.H2S/c1-3-7-13(8-4-1)11-12-14-9-5-2-6-10-14;;/h1-12H;1H3;1H2. The Morgan fingerprint density at radius 3 is 1.19 bits per heavy atom. The molecule has 0 aromatic heterocycles.